The number of hydrogen-bond acceptors (Lipinski definition) is 5. The number of benzene rings is 2. The molecule has 1 heterocycles. The highest BCUT2D eigenvalue weighted by atomic mass is 32.1. The molecule has 0 unspecified atom stereocenters. The van der Waals surface area contributed by atoms with Crippen LogP contribution in [-0.2, 0) is 6.42 Å². The molecule has 0 saturated heterocycles. The van der Waals surface area contributed by atoms with Gasteiger partial charge < -0.3 is 15.4 Å². The first-order valence-corrected chi connectivity index (χ1v) is 9.89. The van der Waals surface area contributed by atoms with E-state index in [0.29, 0.717) is 34.4 Å². The van der Waals surface area contributed by atoms with Gasteiger partial charge in [-0.1, -0.05) is 47.7 Å². The zero-order valence-corrected chi connectivity index (χ0v) is 17.0. The van der Waals surface area contributed by atoms with Gasteiger partial charge in [0, 0.05) is 12.2 Å². The summed E-state index contributed by atoms with van der Waals surface area (Å²) in [5.74, 6) is 0.582. The van der Waals surface area contributed by atoms with Gasteiger partial charge in [0.05, 0.1) is 12.8 Å². The van der Waals surface area contributed by atoms with Crippen LogP contribution in [0.15, 0.2) is 54.6 Å². The Kier molecular flexibility index (Phi) is 6.80. The van der Waals surface area contributed by atoms with Crippen molar-refractivity contribution in [2.75, 3.05) is 24.3 Å². The molecule has 0 aliphatic carbocycles. The summed E-state index contributed by atoms with van der Waals surface area (Å²) in [5, 5.41) is 8.64. The average Bonchev–Trinajstić information content (AvgIpc) is 3.09. The van der Waals surface area contributed by atoms with Gasteiger partial charge in [-0.2, -0.15) is 0 Å². The van der Waals surface area contributed by atoms with Crippen molar-refractivity contribution in [2.45, 2.75) is 13.3 Å². The number of para-hydroxylation sites is 2. The highest BCUT2D eigenvalue weighted by Crippen LogP contribution is 2.23. The standard InChI is InChI=1S/C21H22N4O3S/c1-14-18(19(26)22-13-12-15-8-6-7-11-17(15)28-2)29-21(23-14)25-20(27)24-16-9-4-3-5-10-16/h3-11H,12-13H2,1-2H3,(H,22,26)(H2,23,24,25,27). The molecular weight excluding hydrogens is 388 g/mol. The summed E-state index contributed by atoms with van der Waals surface area (Å²) in [6.07, 6.45) is 0.651. The maximum absolute atomic E-state index is 12.5. The molecule has 0 spiro atoms. The fourth-order valence-electron chi connectivity index (χ4n) is 2.74. The molecule has 29 heavy (non-hydrogen) atoms. The Bertz CT molecular complexity index is 989. The maximum atomic E-state index is 12.5. The Balaban J connectivity index is 1.55. The molecule has 3 aromatic rings. The van der Waals surface area contributed by atoms with Crippen molar-refractivity contribution in [3.8, 4) is 5.75 Å². The number of rotatable bonds is 7. The van der Waals surface area contributed by atoms with Crippen LogP contribution in [0.4, 0.5) is 15.6 Å². The second-order valence-corrected chi connectivity index (χ2v) is 7.20. The number of urea groups is 1. The summed E-state index contributed by atoms with van der Waals surface area (Å²) in [7, 11) is 1.63. The maximum Gasteiger partial charge on any atom is 0.325 e. The summed E-state index contributed by atoms with van der Waals surface area (Å²) >= 11 is 1.14. The van der Waals surface area contributed by atoms with Gasteiger partial charge in [0.1, 0.15) is 10.6 Å². The fourth-order valence-corrected chi connectivity index (χ4v) is 3.62. The van der Waals surface area contributed by atoms with E-state index in [4.69, 9.17) is 4.74 Å². The van der Waals surface area contributed by atoms with E-state index in [1.807, 2.05) is 42.5 Å². The molecule has 0 aliphatic rings. The number of carbonyl (C=O) groups is 2. The van der Waals surface area contributed by atoms with Gasteiger partial charge in [-0.05, 0) is 37.1 Å². The number of aryl methyl sites for hydroxylation is 1. The lowest BCUT2D eigenvalue weighted by Crippen LogP contribution is -2.25. The smallest absolute Gasteiger partial charge is 0.325 e. The second-order valence-electron chi connectivity index (χ2n) is 6.20. The summed E-state index contributed by atoms with van der Waals surface area (Å²) in [5.41, 5.74) is 2.27. The first kappa shape index (κ1) is 20.3. The van der Waals surface area contributed by atoms with Crippen LogP contribution in [0.5, 0.6) is 5.75 Å². The summed E-state index contributed by atoms with van der Waals surface area (Å²) in [6, 6.07) is 16.4. The van der Waals surface area contributed by atoms with Gasteiger partial charge in [-0.15, -0.1) is 0 Å². The van der Waals surface area contributed by atoms with Gasteiger partial charge in [-0.3, -0.25) is 10.1 Å². The number of aromatic nitrogens is 1. The SMILES string of the molecule is COc1ccccc1CCNC(=O)c1sc(NC(=O)Nc2ccccc2)nc1C. The normalized spacial score (nSPS) is 10.3. The minimum Gasteiger partial charge on any atom is -0.496 e. The van der Waals surface area contributed by atoms with Crippen molar-refractivity contribution in [3.05, 3.63) is 70.7 Å². The Labute approximate surface area is 173 Å². The number of nitrogens with zero attached hydrogens (tertiary/aromatic N) is 1. The Morgan fingerprint density at radius 3 is 2.52 bits per heavy atom. The van der Waals surface area contributed by atoms with Crippen LogP contribution < -0.4 is 20.7 Å². The topological polar surface area (TPSA) is 92.4 Å². The zero-order valence-electron chi connectivity index (χ0n) is 16.2. The number of nitrogens with one attached hydrogen (secondary N) is 3. The van der Waals surface area contributed by atoms with Crippen LogP contribution in [0.1, 0.15) is 20.9 Å². The van der Waals surface area contributed by atoms with Gasteiger partial charge in [0.2, 0.25) is 0 Å². The lowest BCUT2D eigenvalue weighted by atomic mass is 10.1. The van der Waals surface area contributed by atoms with E-state index in [1.165, 1.54) is 0 Å². The van der Waals surface area contributed by atoms with Crippen LogP contribution in [0.25, 0.3) is 0 Å². The van der Waals surface area contributed by atoms with Crippen molar-refractivity contribution >= 4 is 34.1 Å². The minimum absolute atomic E-state index is 0.216. The number of thiazole rings is 1. The third-order valence-electron chi connectivity index (χ3n) is 4.13. The van der Waals surface area contributed by atoms with Crippen LogP contribution in [-0.4, -0.2) is 30.6 Å². The molecule has 0 bridgehead atoms. The van der Waals surface area contributed by atoms with Gasteiger partial charge >= 0.3 is 6.03 Å². The third kappa shape index (κ3) is 5.55. The molecule has 0 atom stereocenters. The number of ether oxygens (including phenoxy) is 1. The van der Waals surface area contributed by atoms with Crippen LogP contribution in [0, 0.1) is 6.92 Å². The summed E-state index contributed by atoms with van der Waals surface area (Å²) in [4.78, 5) is 29.3. The van der Waals surface area contributed by atoms with E-state index in [1.54, 1.807) is 26.2 Å². The van der Waals surface area contributed by atoms with Gasteiger partial charge in [0.25, 0.3) is 5.91 Å². The second kappa shape index (κ2) is 9.70. The Hall–Kier alpha value is -3.39. The quantitative estimate of drug-likeness (QED) is 0.547. The zero-order chi connectivity index (χ0) is 20.6. The first-order chi connectivity index (χ1) is 14.1. The van der Waals surface area contributed by atoms with Crippen LogP contribution in [0.3, 0.4) is 0 Å². The highest BCUT2D eigenvalue weighted by molar-refractivity contribution is 7.17. The summed E-state index contributed by atoms with van der Waals surface area (Å²) in [6.45, 7) is 2.21. The predicted octanol–water partition coefficient (Wildman–Crippen LogP) is 4.08. The van der Waals surface area contributed by atoms with Crippen molar-refractivity contribution in [1.29, 1.82) is 0 Å². The number of methoxy groups -OCH3 is 1. The molecule has 3 amide bonds. The molecule has 0 fully saturated rings. The molecule has 8 heteroatoms. The average molecular weight is 410 g/mol. The molecule has 2 aromatic carbocycles. The van der Waals surface area contributed by atoms with Crippen LogP contribution >= 0.6 is 11.3 Å². The number of anilines is 2. The first-order valence-electron chi connectivity index (χ1n) is 9.07. The van der Waals surface area contributed by atoms with Crippen molar-refractivity contribution in [2.24, 2.45) is 0 Å². The molecule has 1 aromatic heterocycles. The molecule has 7 nitrogen and oxygen atoms in total. The van der Waals surface area contributed by atoms with E-state index in [0.717, 1.165) is 22.6 Å². The largest absolute Gasteiger partial charge is 0.496 e. The predicted molar refractivity (Wildman–Crippen MR) is 115 cm³/mol. The molecule has 3 N–H and O–H groups in total. The molecule has 150 valence electrons. The lowest BCUT2D eigenvalue weighted by Gasteiger charge is -2.08. The number of amides is 3. The van der Waals surface area contributed by atoms with Gasteiger partial charge in [-0.25, -0.2) is 9.78 Å². The molecular formula is C21H22N4O3S. The van der Waals surface area contributed by atoms with E-state index < -0.39 is 6.03 Å². The van der Waals surface area contributed by atoms with E-state index in [9.17, 15) is 9.59 Å². The van der Waals surface area contributed by atoms with Crippen LogP contribution in [0.2, 0.25) is 0 Å². The molecule has 3 rings (SSSR count). The van der Waals surface area contributed by atoms with E-state index in [-0.39, 0.29) is 5.91 Å². The molecule has 0 radical (unpaired) electrons. The highest BCUT2D eigenvalue weighted by Gasteiger charge is 2.16. The summed E-state index contributed by atoms with van der Waals surface area (Å²) < 4.78 is 5.32. The molecule has 0 aliphatic heterocycles. The van der Waals surface area contributed by atoms with Gasteiger partial charge in [0.15, 0.2) is 5.13 Å². The van der Waals surface area contributed by atoms with Crippen molar-refractivity contribution in [1.82, 2.24) is 10.3 Å². The number of hydrogen-bond donors (Lipinski definition) is 3. The fraction of sp³-hybridized carbons (Fsp3) is 0.190. The van der Waals surface area contributed by atoms with Crippen molar-refractivity contribution < 1.29 is 14.3 Å². The number of carbonyl (C=O) groups excluding carboxylic acids is 2. The lowest BCUT2D eigenvalue weighted by molar-refractivity contribution is 0.0957. The third-order valence-corrected chi connectivity index (χ3v) is 5.20. The van der Waals surface area contributed by atoms with E-state index >= 15 is 0 Å². The monoisotopic (exact) mass is 410 g/mol. The minimum atomic E-state index is -0.409. The van der Waals surface area contributed by atoms with Crippen molar-refractivity contribution in [3.63, 3.8) is 0 Å². The Morgan fingerprint density at radius 1 is 1.03 bits per heavy atom. The molecule has 0 saturated carbocycles. The van der Waals surface area contributed by atoms with E-state index in [2.05, 4.69) is 20.9 Å². The Morgan fingerprint density at radius 2 is 1.76 bits per heavy atom.